The van der Waals surface area contributed by atoms with Crippen molar-refractivity contribution in [2.24, 2.45) is 0 Å². The number of benzene rings is 1. The van der Waals surface area contributed by atoms with Crippen molar-refractivity contribution in [3.63, 3.8) is 0 Å². The summed E-state index contributed by atoms with van der Waals surface area (Å²) in [5, 5.41) is 8.89. The van der Waals surface area contributed by atoms with Crippen molar-refractivity contribution in [1.82, 2.24) is 4.98 Å². The third kappa shape index (κ3) is 2.58. The molecule has 0 saturated carbocycles. The van der Waals surface area contributed by atoms with Gasteiger partial charge in [-0.3, -0.25) is 0 Å². The second-order valence-electron chi connectivity index (χ2n) is 3.36. The predicted molar refractivity (Wildman–Crippen MR) is 62.1 cm³/mol. The van der Waals surface area contributed by atoms with Crippen LogP contribution in [0, 0.1) is 0 Å². The van der Waals surface area contributed by atoms with E-state index in [0.717, 1.165) is 16.8 Å². The molecule has 0 aliphatic carbocycles. The van der Waals surface area contributed by atoms with Crippen LogP contribution in [0.5, 0.6) is 0 Å². The quantitative estimate of drug-likeness (QED) is 0.783. The first kappa shape index (κ1) is 9.74. The summed E-state index contributed by atoms with van der Waals surface area (Å²) in [7, 11) is 0. The minimum atomic E-state index is 0.0978. The predicted octanol–water partition coefficient (Wildman–Crippen LogP) is 2.68. The van der Waals surface area contributed by atoms with Crippen LogP contribution in [0.3, 0.4) is 0 Å². The average Bonchev–Trinajstić information content (AvgIpc) is 2.80. The molecule has 1 heterocycles. The van der Waals surface area contributed by atoms with Gasteiger partial charge in [0, 0.05) is 11.9 Å². The molecule has 15 heavy (non-hydrogen) atoms. The molecule has 0 unspecified atom stereocenters. The summed E-state index contributed by atoms with van der Waals surface area (Å²) in [6.07, 6.45) is 5.95. The standard InChI is InChI=1S/C13H13NO/c15-10-12-5-3-11(4-6-12)7-8-13-2-1-9-14-13/h1-9,14-15H,10H2/b8-7+. The maximum atomic E-state index is 8.89. The van der Waals surface area contributed by atoms with E-state index in [1.54, 1.807) is 0 Å². The molecular formula is C13H13NO. The van der Waals surface area contributed by atoms with Crippen LogP contribution in [0.25, 0.3) is 12.2 Å². The highest BCUT2D eigenvalue weighted by Gasteiger charge is 1.90. The van der Waals surface area contributed by atoms with Crippen molar-refractivity contribution < 1.29 is 5.11 Å². The van der Waals surface area contributed by atoms with Gasteiger partial charge in [0.1, 0.15) is 0 Å². The lowest BCUT2D eigenvalue weighted by Gasteiger charge is -1.96. The fourth-order valence-electron chi connectivity index (χ4n) is 1.37. The minimum Gasteiger partial charge on any atom is -0.392 e. The van der Waals surface area contributed by atoms with E-state index >= 15 is 0 Å². The fraction of sp³-hybridized carbons (Fsp3) is 0.0769. The summed E-state index contributed by atoms with van der Waals surface area (Å²) in [6.45, 7) is 0.0978. The molecule has 2 rings (SSSR count). The SMILES string of the molecule is OCc1ccc(/C=C/c2ccc[nH]2)cc1. The molecule has 0 atom stereocenters. The monoisotopic (exact) mass is 199 g/mol. The first-order valence-electron chi connectivity index (χ1n) is 4.90. The van der Waals surface area contributed by atoms with E-state index in [1.165, 1.54) is 0 Å². The zero-order chi connectivity index (χ0) is 10.5. The third-order valence-corrected chi connectivity index (χ3v) is 2.24. The van der Waals surface area contributed by atoms with Gasteiger partial charge in [-0.05, 0) is 29.3 Å². The fourth-order valence-corrected chi connectivity index (χ4v) is 1.37. The second kappa shape index (κ2) is 4.62. The van der Waals surface area contributed by atoms with Gasteiger partial charge in [0.05, 0.1) is 6.61 Å². The van der Waals surface area contributed by atoms with Gasteiger partial charge in [0.15, 0.2) is 0 Å². The maximum Gasteiger partial charge on any atom is 0.0681 e. The number of aliphatic hydroxyl groups is 1. The van der Waals surface area contributed by atoms with Crippen LogP contribution in [0.1, 0.15) is 16.8 Å². The van der Waals surface area contributed by atoms with Gasteiger partial charge >= 0.3 is 0 Å². The molecule has 0 bridgehead atoms. The Labute approximate surface area is 88.9 Å². The Kier molecular flexibility index (Phi) is 3.00. The van der Waals surface area contributed by atoms with Gasteiger partial charge in [0.2, 0.25) is 0 Å². The minimum absolute atomic E-state index is 0.0978. The molecule has 1 aromatic carbocycles. The van der Waals surface area contributed by atoms with Crippen molar-refractivity contribution in [1.29, 1.82) is 0 Å². The average molecular weight is 199 g/mol. The molecule has 2 N–H and O–H groups in total. The van der Waals surface area contributed by atoms with Gasteiger partial charge in [0.25, 0.3) is 0 Å². The Morgan fingerprint density at radius 2 is 1.87 bits per heavy atom. The Hall–Kier alpha value is -1.80. The summed E-state index contributed by atoms with van der Waals surface area (Å²) >= 11 is 0. The smallest absolute Gasteiger partial charge is 0.0681 e. The van der Waals surface area contributed by atoms with Crippen molar-refractivity contribution in [3.05, 3.63) is 59.4 Å². The van der Waals surface area contributed by atoms with Crippen LogP contribution in [0.4, 0.5) is 0 Å². The molecule has 76 valence electrons. The number of hydrogen-bond acceptors (Lipinski definition) is 1. The molecule has 0 saturated heterocycles. The van der Waals surface area contributed by atoms with Crippen LogP contribution in [-0.4, -0.2) is 10.1 Å². The van der Waals surface area contributed by atoms with E-state index in [4.69, 9.17) is 5.11 Å². The van der Waals surface area contributed by atoms with Gasteiger partial charge in [-0.2, -0.15) is 0 Å². The van der Waals surface area contributed by atoms with Gasteiger partial charge in [-0.15, -0.1) is 0 Å². The van der Waals surface area contributed by atoms with Crippen molar-refractivity contribution >= 4 is 12.2 Å². The van der Waals surface area contributed by atoms with Gasteiger partial charge in [-0.25, -0.2) is 0 Å². The number of nitrogens with one attached hydrogen (secondary N) is 1. The van der Waals surface area contributed by atoms with Crippen LogP contribution in [-0.2, 0) is 6.61 Å². The molecule has 0 radical (unpaired) electrons. The molecule has 2 aromatic rings. The topological polar surface area (TPSA) is 36.0 Å². The zero-order valence-corrected chi connectivity index (χ0v) is 8.35. The molecule has 0 fully saturated rings. The largest absolute Gasteiger partial charge is 0.392 e. The normalized spacial score (nSPS) is 11.0. The van der Waals surface area contributed by atoms with Gasteiger partial charge in [-0.1, -0.05) is 30.3 Å². The lowest BCUT2D eigenvalue weighted by molar-refractivity contribution is 0.282. The van der Waals surface area contributed by atoms with Gasteiger partial charge < -0.3 is 10.1 Å². The van der Waals surface area contributed by atoms with E-state index in [9.17, 15) is 0 Å². The highest BCUT2D eigenvalue weighted by molar-refractivity contribution is 5.68. The van der Waals surface area contributed by atoms with Crippen LogP contribution in [0.15, 0.2) is 42.6 Å². The van der Waals surface area contributed by atoms with E-state index < -0.39 is 0 Å². The summed E-state index contributed by atoms with van der Waals surface area (Å²) in [4.78, 5) is 3.10. The second-order valence-corrected chi connectivity index (χ2v) is 3.36. The Balaban J connectivity index is 2.11. The molecule has 1 aromatic heterocycles. The van der Waals surface area contributed by atoms with E-state index in [2.05, 4.69) is 4.98 Å². The lowest BCUT2D eigenvalue weighted by atomic mass is 10.1. The van der Waals surface area contributed by atoms with Crippen LogP contribution in [0.2, 0.25) is 0 Å². The molecule has 2 heteroatoms. The number of H-pyrrole nitrogens is 1. The van der Waals surface area contributed by atoms with Crippen molar-refractivity contribution in [2.75, 3.05) is 0 Å². The number of hydrogen-bond donors (Lipinski definition) is 2. The number of aromatic nitrogens is 1. The summed E-state index contributed by atoms with van der Waals surface area (Å²) < 4.78 is 0. The zero-order valence-electron chi connectivity index (χ0n) is 8.35. The molecular weight excluding hydrogens is 186 g/mol. The molecule has 0 aliphatic rings. The Bertz CT molecular complexity index is 426. The number of aromatic amines is 1. The summed E-state index contributed by atoms with van der Waals surface area (Å²) in [5.74, 6) is 0. The lowest BCUT2D eigenvalue weighted by Crippen LogP contribution is -1.81. The summed E-state index contributed by atoms with van der Waals surface area (Å²) in [6, 6.07) is 11.8. The van der Waals surface area contributed by atoms with E-state index in [1.807, 2.05) is 54.7 Å². The molecule has 0 amide bonds. The highest BCUT2D eigenvalue weighted by Crippen LogP contribution is 2.08. The van der Waals surface area contributed by atoms with Crippen molar-refractivity contribution in [3.8, 4) is 0 Å². The molecule has 2 nitrogen and oxygen atoms in total. The highest BCUT2D eigenvalue weighted by atomic mass is 16.3. The van der Waals surface area contributed by atoms with E-state index in [0.29, 0.717) is 0 Å². The van der Waals surface area contributed by atoms with E-state index in [-0.39, 0.29) is 6.61 Å². The number of aliphatic hydroxyl groups excluding tert-OH is 1. The van der Waals surface area contributed by atoms with Crippen molar-refractivity contribution in [2.45, 2.75) is 6.61 Å². The first-order chi connectivity index (χ1) is 7.38. The van der Waals surface area contributed by atoms with Crippen LogP contribution >= 0.6 is 0 Å². The maximum absolute atomic E-state index is 8.89. The molecule has 0 aliphatic heterocycles. The van der Waals surface area contributed by atoms with Crippen LogP contribution < -0.4 is 0 Å². The summed E-state index contributed by atoms with van der Waals surface area (Å²) in [5.41, 5.74) is 3.15. The number of rotatable bonds is 3. The Morgan fingerprint density at radius 1 is 1.07 bits per heavy atom. The Morgan fingerprint density at radius 3 is 2.47 bits per heavy atom. The first-order valence-corrected chi connectivity index (χ1v) is 4.90. The molecule has 0 spiro atoms. The third-order valence-electron chi connectivity index (χ3n) is 2.24.